The molecule has 1 aliphatic rings. The summed E-state index contributed by atoms with van der Waals surface area (Å²) in [5.41, 5.74) is 2.33. The molecule has 0 spiro atoms. The summed E-state index contributed by atoms with van der Waals surface area (Å²) in [6.07, 6.45) is 6.64. The molecule has 0 fully saturated rings. The van der Waals surface area contributed by atoms with Gasteiger partial charge in [-0.1, -0.05) is 39.2 Å². The summed E-state index contributed by atoms with van der Waals surface area (Å²) < 4.78 is 0. The van der Waals surface area contributed by atoms with Gasteiger partial charge < -0.3 is 0 Å². The third-order valence-corrected chi connectivity index (χ3v) is 3.80. The molecule has 1 aromatic rings. The van der Waals surface area contributed by atoms with Crippen LogP contribution in [0, 0.1) is 0 Å². The fourth-order valence-electron chi connectivity index (χ4n) is 2.68. The van der Waals surface area contributed by atoms with Crippen LogP contribution in [0.3, 0.4) is 0 Å². The first-order valence-electron chi connectivity index (χ1n) is 7.68. The quantitative estimate of drug-likeness (QED) is 0.559. The number of imide groups is 1. The van der Waals surface area contributed by atoms with E-state index < -0.39 is 0 Å². The highest BCUT2D eigenvalue weighted by Gasteiger charge is 2.34. The predicted molar refractivity (Wildman–Crippen MR) is 79.9 cm³/mol. The normalized spacial score (nSPS) is 14.0. The largest absolute Gasteiger partial charge is 0.274 e. The molecule has 3 heteroatoms. The molecule has 20 heavy (non-hydrogen) atoms. The van der Waals surface area contributed by atoms with E-state index >= 15 is 0 Å². The second kappa shape index (κ2) is 6.69. The molecule has 108 valence electrons. The lowest BCUT2D eigenvalue weighted by atomic mass is 10.0. The summed E-state index contributed by atoms with van der Waals surface area (Å²) in [4.78, 5) is 25.7. The summed E-state index contributed by atoms with van der Waals surface area (Å²) >= 11 is 0. The number of hydrogen-bond acceptors (Lipinski definition) is 2. The Morgan fingerprint density at radius 3 is 2.35 bits per heavy atom. The second-order valence-corrected chi connectivity index (χ2v) is 5.45. The molecular weight excluding hydrogens is 250 g/mol. The van der Waals surface area contributed by atoms with Gasteiger partial charge in [0.1, 0.15) is 0 Å². The molecule has 0 unspecified atom stereocenters. The standard InChI is InChI=1S/C17H23NO2/c1-3-5-6-7-8-13-9-10-14-15(12-13)17(20)18(11-4-2)16(14)19/h9-10,12H,3-8,11H2,1-2H3. The van der Waals surface area contributed by atoms with E-state index in [1.165, 1.54) is 29.7 Å². The number of unbranched alkanes of at least 4 members (excludes halogenated alkanes) is 3. The lowest BCUT2D eigenvalue weighted by Gasteiger charge is -2.11. The Labute approximate surface area is 121 Å². The number of carbonyl (C=O) groups is 2. The Morgan fingerprint density at radius 2 is 1.65 bits per heavy atom. The van der Waals surface area contributed by atoms with E-state index in [1.54, 1.807) is 0 Å². The van der Waals surface area contributed by atoms with Gasteiger partial charge in [0.05, 0.1) is 11.1 Å². The molecule has 3 nitrogen and oxygen atoms in total. The van der Waals surface area contributed by atoms with Crippen LogP contribution in [0.4, 0.5) is 0 Å². The zero-order valence-corrected chi connectivity index (χ0v) is 12.4. The van der Waals surface area contributed by atoms with E-state index in [2.05, 4.69) is 6.92 Å². The van der Waals surface area contributed by atoms with Crippen molar-refractivity contribution < 1.29 is 9.59 Å². The van der Waals surface area contributed by atoms with Crippen molar-refractivity contribution in [2.24, 2.45) is 0 Å². The van der Waals surface area contributed by atoms with Gasteiger partial charge in [-0.3, -0.25) is 14.5 Å². The Bertz CT molecular complexity index is 508. The van der Waals surface area contributed by atoms with Crippen LogP contribution in [0.1, 0.15) is 72.2 Å². The molecule has 1 aliphatic heterocycles. The summed E-state index contributed by atoms with van der Waals surface area (Å²) in [7, 11) is 0. The fraction of sp³-hybridized carbons (Fsp3) is 0.529. The average molecular weight is 273 g/mol. The summed E-state index contributed by atoms with van der Waals surface area (Å²) in [5, 5.41) is 0. The molecule has 0 saturated carbocycles. The molecule has 0 saturated heterocycles. The molecule has 2 rings (SSSR count). The van der Waals surface area contributed by atoms with E-state index in [9.17, 15) is 9.59 Å². The zero-order chi connectivity index (χ0) is 14.5. The van der Waals surface area contributed by atoms with Crippen molar-refractivity contribution in [2.45, 2.75) is 52.4 Å². The van der Waals surface area contributed by atoms with Crippen molar-refractivity contribution in [1.29, 1.82) is 0 Å². The van der Waals surface area contributed by atoms with Gasteiger partial charge in [-0.25, -0.2) is 0 Å². The molecule has 0 aromatic heterocycles. The summed E-state index contributed by atoms with van der Waals surface area (Å²) in [5.74, 6) is -0.258. The SMILES string of the molecule is CCCCCCc1ccc2c(c1)C(=O)N(CCC)C2=O. The molecule has 1 aromatic carbocycles. The average Bonchev–Trinajstić information content (AvgIpc) is 2.69. The van der Waals surface area contributed by atoms with Crippen molar-refractivity contribution in [3.63, 3.8) is 0 Å². The van der Waals surface area contributed by atoms with Crippen LogP contribution in [0.2, 0.25) is 0 Å². The van der Waals surface area contributed by atoms with Gasteiger partial charge >= 0.3 is 0 Å². The van der Waals surface area contributed by atoms with Crippen LogP contribution < -0.4 is 0 Å². The second-order valence-electron chi connectivity index (χ2n) is 5.45. The number of hydrogen-bond donors (Lipinski definition) is 0. The Kier molecular flexibility index (Phi) is 4.94. The lowest BCUT2D eigenvalue weighted by Crippen LogP contribution is -2.30. The van der Waals surface area contributed by atoms with Crippen molar-refractivity contribution in [3.05, 3.63) is 34.9 Å². The third-order valence-electron chi connectivity index (χ3n) is 3.80. The van der Waals surface area contributed by atoms with Crippen LogP contribution in [0.15, 0.2) is 18.2 Å². The predicted octanol–water partition coefficient (Wildman–Crippen LogP) is 3.82. The first-order chi connectivity index (χ1) is 9.69. The minimum absolute atomic E-state index is 0.123. The van der Waals surface area contributed by atoms with Crippen LogP contribution >= 0.6 is 0 Å². The van der Waals surface area contributed by atoms with Gasteiger partial charge in [0.25, 0.3) is 11.8 Å². The van der Waals surface area contributed by atoms with E-state index in [0.29, 0.717) is 17.7 Å². The first-order valence-corrected chi connectivity index (χ1v) is 7.68. The highest BCUT2D eigenvalue weighted by atomic mass is 16.2. The highest BCUT2D eigenvalue weighted by Crippen LogP contribution is 2.24. The van der Waals surface area contributed by atoms with E-state index in [0.717, 1.165) is 19.3 Å². The van der Waals surface area contributed by atoms with Gasteiger partial charge in [0.2, 0.25) is 0 Å². The summed E-state index contributed by atoms with van der Waals surface area (Å²) in [6, 6.07) is 5.73. The Hall–Kier alpha value is -1.64. The Morgan fingerprint density at radius 1 is 0.900 bits per heavy atom. The maximum atomic E-state index is 12.2. The van der Waals surface area contributed by atoms with Crippen molar-refractivity contribution in [2.75, 3.05) is 6.54 Å². The minimum Gasteiger partial charge on any atom is -0.274 e. The molecule has 0 N–H and O–H groups in total. The third kappa shape index (κ3) is 2.92. The smallest absolute Gasteiger partial charge is 0.261 e. The molecular formula is C17H23NO2. The van der Waals surface area contributed by atoms with Gasteiger partial charge in [0, 0.05) is 6.54 Å². The number of nitrogens with zero attached hydrogens (tertiary/aromatic N) is 1. The molecule has 2 amide bonds. The van der Waals surface area contributed by atoms with Crippen LogP contribution in [0.5, 0.6) is 0 Å². The highest BCUT2D eigenvalue weighted by molar-refractivity contribution is 6.21. The van der Waals surface area contributed by atoms with Crippen LogP contribution in [-0.2, 0) is 6.42 Å². The molecule has 0 bridgehead atoms. The Balaban J connectivity index is 2.09. The van der Waals surface area contributed by atoms with Gasteiger partial charge in [-0.15, -0.1) is 0 Å². The van der Waals surface area contributed by atoms with Crippen LogP contribution in [-0.4, -0.2) is 23.3 Å². The number of benzene rings is 1. The van der Waals surface area contributed by atoms with Crippen LogP contribution in [0.25, 0.3) is 0 Å². The molecule has 0 radical (unpaired) electrons. The molecule has 1 heterocycles. The molecule has 0 aliphatic carbocycles. The zero-order valence-electron chi connectivity index (χ0n) is 12.4. The van der Waals surface area contributed by atoms with Gasteiger partial charge in [0.15, 0.2) is 0 Å². The number of carbonyl (C=O) groups excluding carboxylic acids is 2. The van der Waals surface area contributed by atoms with Crippen molar-refractivity contribution in [3.8, 4) is 0 Å². The maximum Gasteiger partial charge on any atom is 0.261 e. The number of amides is 2. The minimum atomic E-state index is -0.135. The van der Waals surface area contributed by atoms with E-state index in [-0.39, 0.29) is 11.8 Å². The monoisotopic (exact) mass is 273 g/mol. The fourth-order valence-corrected chi connectivity index (χ4v) is 2.68. The van der Waals surface area contributed by atoms with Gasteiger partial charge in [-0.2, -0.15) is 0 Å². The van der Waals surface area contributed by atoms with E-state index in [4.69, 9.17) is 0 Å². The number of rotatable bonds is 7. The molecule has 0 atom stereocenters. The topological polar surface area (TPSA) is 37.4 Å². The lowest BCUT2D eigenvalue weighted by molar-refractivity contribution is 0.0654. The van der Waals surface area contributed by atoms with Crippen molar-refractivity contribution >= 4 is 11.8 Å². The first kappa shape index (κ1) is 14.8. The number of fused-ring (bicyclic) bond motifs is 1. The summed E-state index contributed by atoms with van der Waals surface area (Å²) in [6.45, 7) is 4.68. The maximum absolute atomic E-state index is 12.2. The van der Waals surface area contributed by atoms with Gasteiger partial charge in [-0.05, 0) is 37.0 Å². The van der Waals surface area contributed by atoms with E-state index in [1.807, 2.05) is 25.1 Å². The number of aryl methyl sites for hydroxylation is 1. The van der Waals surface area contributed by atoms with Crippen molar-refractivity contribution in [1.82, 2.24) is 4.90 Å².